The molecule has 15 heavy (non-hydrogen) atoms. The minimum absolute atomic E-state index is 0. The van der Waals surface area contributed by atoms with Crippen LogP contribution in [-0.4, -0.2) is 6.26 Å². The van der Waals surface area contributed by atoms with Crippen molar-refractivity contribution < 1.29 is 21.5 Å². The Balaban J connectivity index is 0.00000196. The minimum Gasteiger partial charge on any atom is -1.00 e. The van der Waals surface area contributed by atoms with E-state index in [0.29, 0.717) is 0 Å². The monoisotopic (exact) mass is 284 g/mol. The van der Waals surface area contributed by atoms with Crippen molar-refractivity contribution in [3.8, 4) is 6.07 Å². The fourth-order valence-electron chi connectivity index (χ4n) is 1.13. The quantitative estimate of drug-likeness (QED) is 0.412. The van der Waals surface area contributed by atoms with Gasteiger partial charge in [-0.25, -0.2) is 4.57 Å². The van der Waals surface area contributed by atoms with E-state index in [0.717, 1.165) is 12.1 Å². The highest BCUT2D eigenvalue weighted by atomic mass is 79.9. The Morgan fingerprint density at radius 3 is 2.60 bits per heavy atom. The van der Waals surface area contributed by atoms with Gasteiger partial charge >= 0.3 is 0 Å². The number of rotatable bonds is 3. The molecule has 80 valence electrons. The molecule has 0 aliphatic rings. The van der Waals surface area contributed by atoms with E-state index in [4.69, 9.17) is 5.26 Å². The molecule has 0 unspecified atom stereocenters. The molecule has 0 aliphatic carbocycles. The zero-order valence-electron chi connectivity index (χ0n) is 8.77. The summed E-state index contributed by atoms with van der Waals surface area (Å²) in [5, 5.41) is 8.46. The largest absolute Gasteiger partial charge is 1.00 e. The van der Waals surface area contributed by atoms with Crippen LogP contribution in [0.5, 0.6) is 0 Å². The van der Waals surface area contributed by atoms with Crippen molar-refractivity contribution in [1.82, 2.24) is 0 Å². The lowest BCUT2D eigenvalue weighted by atomic mass is 10.3. The van der Waals surface area contributed by atoms with Gasteiger partial charge in [0.05, 0.1) is 6.07 Å². The molecule has 0 N–H and O–H groups in total. The average Bonchev–Trinajstić information content (AvgIpc) is 2.19. The summed E-state index contributed by atoms with van der Waals surface area (Å²) in [6.45, 7) is 2.74. The minimum atomic E-state index is 0. The van der Waals surface area contributed by atoms with Gasteiger partial charge in [0.25, 0.3) is 0 Å². The molecule has 2 nitrogen and oxygen atoms in total. The summed E-state index contributed by atoms with van der Waals surface area (Å²) in [4.78, 5) is 1.25. The van der Waals surface area contributed by atoms with Crippen molar-refractivity contribution >= 4 is 11.8 Å². The predicted molar refractivity (Wildman–Crippen MR) is 57.8 cm³/mol. The normalized spacial score (nSPS) is 10.3. The fraction of sp³-hybridized carbons (Fsp3) is 0.273. The lowest BCUT2D eigenvalue weighted by molar-refractivity contribution is -0.689. The highest BCUT2D eigenvalue weighted by molar-refractivity contribution is 7.98. The Labute approximate surface area is 105 Å². The SMILES string of the molecule is CSc1cc[n+](CC(C)=CC#N)cc1.[Br-]. The number of aromatic nitrogens is 1. The summed E-state index contributed by atoms with van der Waals surface area (Å²) in [6, 6.07) is 6.18. The first-order valence-corrected chi connectivity index (χ1v) is 5.57. The van der Waals surface area contributed by atoms with Gasteiger partial charge in [-0.15, -0.1) is 11.8 Å². The smallest absolute Gasteiger partial charge is 0.170 e. The van der Waals surface area contributed by atoms with Crippen molar-refractivity contribution in [1.29, 1.82) is 5.26 Å². The average molecular weight is 285 g/mol. The molecule has 0 saturated heterocycles. The predicted octanol–water partition coefficient (Wildman–Crippen LogP) is -0.830. The molecule has 0 fully saturated rings. The number of hydrogen-bond acceptors (Lipinski definition) is 2. The van der Waals surface area contributed by atoms with Crippen LogP contribution >= 0.6 is 11.8 Å². The molecule has 0 saturated carbocycles. The summed E-state index contributed by atoms with van der Waals surface area (Å²) in [5.41, 5.74) is 1.06. The summed E-state index contributed by atoms with van der Waals surface area (Å²) in [6.07, 6.45) is 7.69. The molecule has 1 rings (SSSR count). The van der Waals surface area contributed by atoms with Gasteiger partial charge in [0.2, 0.25) is 0 Å². The number of pyridine rings is 1. The summed E-state index contributed by atoms with van der Waals surface area (Å²) in [7, 11) is 0. The summed E-state index contributed by atoms with van der Waals surface area (Å²) >= 11 is 1.73. The lowest BCUT2D eigenvalue weighted by Gasteiger charge is -1.97. The van der Waals surface area contributed by atoms with E-state index >= 15 is 0 Å². The molecule has 0 spiro atoms. The van der Waals surface area contributed by atoms with Crippen molar-refractivity contribution in [2.24, 2.45) is 0 Å². The Kier molecular flexibility index (Phi) is 7.10. The molecule has 0 atom stereocenters. The zero-order valence-corrected chi connectivity index (χ0v) is 11.2. The van der Waals surface area contributed by atoms with Gasteiger partial charge in [0.15, 0.2) is 18.9 Å². The van der Waals surface area contributed by atoms with Crippen LogP contribution in [0.3, 0.4) is 0 Å². The standard InChI is InChI=1S/C11H13N2S.BrH/c1-10(3-6-12)9-13-7-4-11(14-2)5-8-13;/h3-5,7-8H,9H2,1-2H3;1H/q+1;/p-1. The molecule has 1 heterocycles. The Morgan fingerprint density at radius 1 is 1.53 bits per heavy atom. The van der Waals surface area contributed by atoms with Crippen LogP contribution in [0.4, 0.5) is 0 Å². The van der Waals surface area contributed by atoms with Gasteiger partial charge in [-0.05, 0) is 13.2 Å². The van der Waals surface area contributed by atoms with E-state index in [2.05, 4.69) is 23.0 Å². The van der Waals surface area contributed by atoms with Crippen LogP contribution < -0.4 is 21.5 Å². The first-order valence-electron chi connectivity index (χ1n) is 4.34. The van der Waals surface area contributed by atoms with Crippen molar-refractivity contribution in [3.05, 3.63) is 36.2 Å². The number of thioether (sulfide) groups is 1. The number of nitriles is 1. The number of allylic oxidation sites excluding steroid dienone is 2. The van der Waals surface area contributed by atoms with Crippen molar-refractivity contribution in [2.45, 2.75) is 18.4 Å². The number of nitrogens with zero attached hydrogens (tertiary/aromatic N) is 2. The van der Waals surface area contributed by atoms with E-state index in [9.17, 15) is 0 Å². The molecule has 1 aromatic heterocycles. The maximum Gasteiger partial charge on any atom is 0.170 e. The molecule has 0 radical (unpaired) electrons. The fourth-order valence-corrected chi connectivity index (χ4v) is 1.52. The third-order valence-electron chi connectivity index (χ3n) is 1.84. The molecule has 0 amide bonds. The second kappa shape index (κ2) is 7.49. The Hall–Kier alpha value is -0.790. The van der Waals surface area contributed by atoms with Gasteiger partial charge in [0, 0.05) is 28.7 Å². The van der Waals surface area contributed by atoms with Crippen LogP contribution in [0.15, 0.2) is 41.1 Å². The Bertz CT molecular complexity index is 365. The first-order chi connectivity index (χ1) is 6.76. The molecule has 0 bridgehead atoms. The molecule has 0 aliphatic heterocycles. The third kappa shape index (κ3) is 5.01. The van der Waals surface area contributed by atoms with Crippen LogP contribution in [0.2, 0.25) is 0 Å². The molecule has 4 heteroatoms. The van der Waals surface area contributed by atoms with E-state index < -0.39 is 0 Å². The second-order valence-electron chi connectivity index (χ2n) is 3.03. The number of halogens is 1. The molecular formula is C11H13BrN2S. The highest BCUT2D eigenvalue weighted by Crippen LogP contribution is 2.10. The van der Waals surface area contributed by atoms with Crippen molar-refractivity contribution in [3.63, 3.8) is 0 Å². The van der Waals surface area contributed by atoms with Crippen LogP contribution in [0, 0.1) is 11.3 Å². The first kappa shape index (κ1) is 14.2. The van der Waals surface area contributed by atoms with Gasteiger partial charge in [-0.2, -0.15) is 5.26 Å². The molecule has 0 aromatic carbocycles. The topological polar surface area (TPSA) is 27.7 Å². The lowest BCUT2D eigenvalue weighted by Crippen LogP contribution is -3.00. The molecule has 1 aromatic rings. The van der Waals surface area contributed by atoms with Gasteiger partial charge in [0.1, 0.15) is 0 Å². The summed E-state index contributed by atoms with van der Waals surface area (Å²) in [5.74, 6) is 0. The van der Waals surface area contributed by atoms with E-state index in [1.165, 1.54) is 4.90 Å². The van der Waals surface area contributed by atoms with Gasteiger partial charge in [-0.3, -0.25) is 0 Å². The summed E-state index contributed by atoms with van der Waals surface area (Å²) < 4.78 is 2.06. The van der Waals surface area contributed by atoms with Gasteiger partial charge < -0.3 is 17.0 Å². The van der Waals surface area contributed by atoms with E-state index in [1.54, 1.807) is 17.8 Å². The van der Waals surface area contributed by atoms with E-state index in [-0.39, 0.29) is 17.0 Å². The third-order valence-corrected chi connectivity index (χ3v) is 2.58. The van der Waals surface area contributed by atoms with E-state index in [1.807, 2.05) is 25.4 Å². The van der Waals surface area contributed by atoms with Crippen molar-refractivity contribution in [2.75, 3.05) is 6.26 Å². The zero-order chi connectivity index (χ0) is 10.4. The van der Waals surface area contributed by atoms with Crippen LogP contribution in [0.25, 0.3) is 0 Å². The maximum atomic E-state index is 8.46. The number of hydrogen-bond donors (Lipinski definition) is 0. The van der Waals surface area contributed by atoms with Gasteiger partial charge in [-0.1, -0.05) is 0 Å². The second-order valence-corrected chi connectivity index (χ2v) is 3.91. The molecular weight excluding hydrogens is 272 g/mol. The maximum absolute atomic E-state index is 8.46. The highest BCUT2D eigenvalue weighted by Gasteiger charge is 2.00. The van der Waals surface area contributed by atoms with Crippen LogP contribution in [0.1, 0.15) is 6.92 Å². The van der Waals surface area contributed by atoms with Crippen LogP contribution in [-0.2, 0) is 6.54 Å². The Morgan fingerprint density at radius 2 is 2.13 bits per heavy atom.